The zero-order valence-electron chi connectivity index (χ0n) is 16.6. The van der Waals surface area contributed by atoms with E-state index in [0.717, 1.165) is 0 Å². The highest BCUT2D eigenvalue weighted by molar-refractivity contribution is 6.35. The second-order valence-corrected chi connectivity index (χ2v) is 7.87. The number of nitrogens with one attached hydrogen (secondary N) is 2. The number of aliphatic hydroxyl groups excluding tert-OH is 1. The third kappa shape index (κ3) is 4.41. The summed E-state index contributed by atoms with van der Waals surface area (Å²) in [5, 5.41) is 20.6. The van der Waals surface area contributed by atoms with Crippen LogP contribution in [0.3, 0.4) is 0 Å². The van der Waals surface area contributed by atoms with Crippen LogP contribution in [0.1, 0.15) is 30.8 Å². The summed E-state index contributed by atoms with van der Waals surface area (Å²) in [6.07, 6.45) is 2.65. The predicted molar refractivity (Wildman–Crippen MR) is 119 cm³/mol. The lowest BCUT2D eigenvalue weighted by Crippen LogP contribution is -2.31. The van der Waals surface area contributed by atoms with Crippen molar-refractivity contribution in [3.8, 4) is 0 Å². The average molecular weight is 459 g/mol. The fourth-order valence-corrected chi connectivity index (χ4v) is 3.98. The molecule has 1 atom stereocenters. The predicted octanol–water partition coefficient (Wildman–Crippen LogP) is 3.83. The number of hydrogen-bond donors (Lipinski definition) is 3. The highest BCUT2D eigenvalue weighted by Crippen LogP contribution is 2.39. The Labute approximate surface area is 188 Å². The standard InChI is InChI=1S/C21H20Cl2N6O2/c1-12-18(20(31)26-16-5-2-3-9-24-16)19(14-8-7-13(22)11-15(14)23)29-21(25-12)27-17(28-29)6-4-10-30/h2-3,5,7-9,11,19,30H,4,6,10H2,1H3,(H,24,26,31)(H,25,27,28). The van der Waals surface area contributed by atoms with Gasteiger partial charge in [0.2, 0.25) is 5.95 Å². The van der Waals surface area contributed by atoms with E-state index in [0.29, 0.717) is 57.3 Å². The van der Waals surface area contributed by atoms with Crippen LogP contribution >= 0.6 is 23.2 Å². The van der Waals surface area contributed by atoms with Crippen LogP contribution in [0.2, 0.25) is 10.0 Å². The van der Waals surface area contributed by atoms with Gasteiger partial charge in [0.25, 0.3) is 5.91 Å². The minimum Gasteiger partial charge on any atom is -0.396 e. The van der Waals surface area contributed by atoms with Gasteiger partial charge >= 0.3 is 0 Å². The minimum atomic E-state index is -0.625. The maximum Gasteiger partial charge on any atom is 0.257 e. The zero-order valence-corrected chi connectivity index (χ0v) is 18.2. The van der Waals surface area contributed by atoms with E-state index in [1.807, 2.05) is 0 Å². The molecular weight excluding hydrogens is 439 g/mol. The molecule has 1 amide bonds. The van der Waals surface area contributed by atoms with Crippen molar-refractivity contribution in [1.29, 1.82) is 0 Å². The Hall–Kier alpha value is -2.94. The summed E-state index contributed by atoms with van der Waals surface area (Å²) in [5.74, 6) is 1.15. The lowest BCUT2D eigenvalue weighted by atomic mass is 9.95. The van der Waals surface area contributed by atoms with Gasteiger partial charge in [-0.3, -0.25) is 4.79 Å². The molecule has 31 heavy (non-hydrogen) atoms. The van der Waals surface area contributed by atoms with Crippen LogP contribution in [0.5, 0.6) is 0 Å². The van der Waals surface area contributed by atoms with E-state index in [9.17, 15) is 4.79 Å². The maximum absolute atomic E-state index is 13.3. The fraction of sp³-hybridized carbons (Fsp3) is 0.238. The van der Waals surface area contributed by atoms with Crippen LogP contribution in [0.25, 0.3) is 0 Å². The quantitative estimate of drug-likeness (QED) is 0.518. The van der Waals surface area contributed by atoms with Gasteiger partial charge in [0.15, 0.2) is 5.82 Å². The summed E-state index contributed by atoms with van der Waals surface area (Å²) in [5.41, 5.74) is 1.72. The first-order chi connectivity index (χ1) is 15.0. The van der Waals surface area contributed by atoms with Crippen molar-refractivity contribution >= 4 is 40.9 Å². The van der Waals surface area contributed by atoms with Crippen molar-refractivity contribution in [2.45, 2.75) is 25.8 Å². The van der Waals surface area contributed by atoms with Gasteiger partial charge in [-0.1, -0.05) is 35.3 Å². The first-order valence-corrected chi connectivity index (χ1v) is 10.4. The molecule has 3 aromatic rings. The number of allylic oxidation sites excluding steroid dienone is 1. The number of rotatable bonds is 6. The third-order valence-electron chi connectivity index (χ3n) is 4.86. The number of carbonyl (C=O) groups is 1. The van der Waals surface area contributed by atoms with Crippen molar-refractivity contribution in [3.05, 3.63) is 75.3 Å². The first-order valence-electron chi connectivity index (χ1n) is 9.69. The van der Waals surface area contributed by atoms with Crippen LogP contribution in [-0.4, -0.2) is 37.4 Å². The molecule has 0 bridgehead atoms. The molecule has 160 valence electrons. The number of nitrogens with zero attached hydrogens (tertiary/aromatic N) is 4. The fourth-order valence-electron chi connectivity index (χ4n) is 3.46. The molecule has 3 N–H and O–H groups in total. The van der Waals surface area contributed by atoms with Crippen molar-refractivity contribution < 1.29 is 9.90 Å². The van der Waals surface area contributed by atoms with Crippen molar-refractivity contribution in [2.75, 3.05) is 17.2 Å². The molecule has 0 saturated heterocycles. The largest absolute Gasteiger partial charge is 0.396 e. The van der Waals surface area contributed by atoms with Gasteiger partial charge in [0.1, 0.15) is 11.9 Å². The number of anilines is 2. The van der Waals surface area contributed by atoms with E-state index in [2.05, 4.69) is 25.7 Å². The summed E-state index contributed by atoms with van der Waals surface area (Å²) in [6.45, 7) is 1.84. The Morgan fingerprint density at radius 2 is 2.13 bits per heavy atom. The molecule has 1 aromatic carbocycles. The molecule has 8 nitrogen and oxygen atoms in total. The smallest absolute Gasteiger partial charge is 0.257 e. The van der Waals surface area contributed by atoms with Gasteiger partial charge in [-0.15, -0.1) is 0 Å². The van der Waals surface area contributed by atoms with Crippen LogP contribution in [0.4, 0.5) is 11.8 Å². The number of pyridine rings is 1. The molecule has 1 aliphatic heterocycles. The topological polar surface area (TPSA) is 105 Å². The summed E-state index contributed by atoms with van der Waals surface area (Å²) >= 11 is 12.6. The number of aliphatic hydroxyl groups is 1. The number of carbonyl (C=O) groups excluding carboxylic acids is 1. The first kappa shape index (κ1) is 21.3. The Balaban J connectivity index is 1.79. The highest BCUT2D eigenvalue weighted by Gasteiger charge is 2.35. The third-order valence-corrected chi connectivity index (χ3v) is 5.43. The van der Waals surface area contributed by atoms with E-state index in [1.165, 1.54) is 0 Å². The summed E-state index contributed by atoms with van der Waals surface area (Å²) in [7, 11) is 0. The number of fused-ring (bicyclic) bond motifs is 1. The number of benzene rings is 1. The normalized spacial score (nSPS) is 15.4. The monoisotopic (exact) mass is 458 g/mol. The van der Waals surface area contributed by atoms with E-state index in [4.69, 9.17) is 28.3 Å². The molecule has 0 aliphatic carbocycles. The van der Waals surface area contributed by atoms with Gasteiger partial charge in [0, 0.05) is 40.5 Å². The lowest BCUT2D eigenvalue weighted by molar-refractivity contribution is -0.113. The molecule has 0 saturated carbocycles. The molecule has 1 unspecified atom stereocenters. The van der Waals surface area contributed by atoms with Gasteiger partial charge in [-0.05, 0) is 37.6 Å². The van der Waals surface area contributed by atoms with Crippen molar-refractivity contribution in [1.82, 2.24) is 19.7 Å². The molecule has 10 heteroatoms. The second-order valence-electron chi connectivity index (χ2n) is 7.02. The van der Waals surface area contributed by atoms with Crippen LogP contribution in [0, 0.1) is 0 Å². The number of amides is 1. The Bertz CT molecular complexity index is 1150. The molecular formula is C21H20Cl2N6O2. The summed E-state index contributed by atoms with van der Waals surface area (Å²) in [4.78, 5) is 22.0. The molecule has 3 heterocycles. The van der Waals surface area contributed by atoms with Crippen molar-refractivity contribution in [3.63, 3.8) is 0 Å². The summed E-state index contributed by atoms with van der Waals surface area (Å²) in [6, 6.07) is 9.78. The number of aryl methyl sites for hydroxylation is 1. The molecule has 0 fully saturated rings. The molecule has 1 aliphatic rings. The highest BCUT2D eigenvalue weighted by atomic mass is 35.5. The Morgan fingerprint density at radius 3 is 2.84 bits per heavy atom. The molecule has 4 rings (SSSR count). The maximum atomic E-state index is 13.3. The molecule has 0 radical (unpaired) electrons. The van der Waals surface area contributed by atoms with Crippen LogP contribution in [0.15, 0.2) is 53.9 Å². The van der Waals surface area contributed by atoms with E-state index in [-0.39, 0.29) is 12.5 Å². The van der Waals surface area contributed by atoms with Gasteiger partial charge in [0.05, 0.1) is 5.57 Å². The van der Waals surface area contributed by atoms with Crippen LogP contribution in [-0.2, 0) is 11.2 Å². The van der Waals surface area contributed by atoms with Gasteiger partial charge < -0.3 is 15.7 Å². The van der Waals surface area contributed by atoms with Crippen molar-refractivity contribution in [2.24, 2.45) is 0 Å². The van der Waals surface area contributed by atoms with Gasteiger partial charge in [-0.25, -0.2) is 9.67 Å². The van der Waals surface area contributed by atoms with Gasteiger partial charge in [-0.2, -0.15) is 10.1 Å². The second kappa shape index (κ2) is 9.05. The Morgan fingerprint density at radius 1 is 1.29 bits per heavy atom. The SMILES string of the molecule is CC1=C(C(=O)Nc2ccccn2)C(c2ccc(Cl)cc2Cl)n2nc(CCCO)nc2N1. The average Bonchev–Trinajstić information content (AvgIpc) is 3.14. The van der Waals surface area contributed by atoms with Crippen LogP contribution < -0.4 is 10.6 Å². The molecule has 0 spiro atoms. The van der Waals surface area contributed by atoms with E-state index >= 15 is 0 Å². The van der Waals surface area contributed by atoms with E-state index < -0.39 is 6.04 Å². The minimum absolute atomic E-state index is 0.0404. The number of aromatic nitrogens is 4. The Kier molecular flexibility index (Phi) is 6.22. The lowest BCUT2D eigenvalue weighted by Gasteiger charge is -2.29. The number of halogens is 2. The zero-order chi connectivity index (χ0) is 22.0. The van der Waals surface area contributed by atoms with E-state index in [1.54, 1.807) is 54.2 Å². The number of hydrogen-bond acceptors (Lipinski definition) is 6. The summed E-state index contributed by atoms with van der Waals surface area (Å²) < 4.78 is 1.64. The molecule has 2 aromatic heterocycles.